The number of aryl methyl sites for hydroxylation is 1. The molecule has 96 valence electrons. The van der Waals surface area contributed by atoms with Crippen LogP contribution >= 0.6 is 11.3 Å². The molecule has 0 unspecified atom stereocenters. The lowest BCUT2D eigenvalue weighted by Crippen LogP contribution is -2.49. The molecule has 0 radical (unpaired) electrons. The molecule has 6 heteroatoms. The highest BCUT2D eigenvalue weighted by Gasteiger charge is 2.20. The number of nitrogens with zero attached hydrogens (tertiary/aromatic N) is 3. The van der Waals surface area contributed by atoms with Crippen molar-refractivity contribution in [3.63, 3.8) is 0 Å². The van der Waals surface area contributed by atoms with Crippen molar-refractivity contribution in [2.45, 2.75) is 19.9 Å². The number of rotatable bonds is 2. The summed E-state index contributed by atoms with van der Waals surface area (Å²) in [4.78, 5) is 8.02. The first kappa shape index (κ1) is 11.7. The Labute approximate surface area is 110 Å². The minimum Gasteiger partial charge on any atom is -0.337 e. The van der Waals surface area contributed by atoms with Crippen molar-refractivity contribution in [2.75, 3.05) is 24.5 Å². The van der Waals surface area contributed by atoms with Gasteiger partial charge in [-0.1, -0.05) is 0 Å². The van der Waals surface area contributed by atoms with E-state index in [1.807, 2.05) is 0 Å². The fraction of sp³-hybridized carbons (Fsp3) is 0.500. The molecular formula is C12H17N5S. The lowest BCUT2D eigenvalue weighted by Gasteiger charge is -2.30. The molecule has 1 atom stereocenters. The van der Waals surface area contributed by atoms with Crippen LogP contribution < -0.4 is 10.2 Å². The number of H-pyrrole nitrogens is 1. The highest BCUT2D eigenvalue weighted by atomic mass is 32.1. The van der Waals surface area contributed by atoms with E-state index in [0.29, 0.717) is 6.04 Å². The third-order valence-electron chi connectivity index (χ3n) is 3.20. The van der Waals surface area contributed by atoms with E-state index >= 15 is 0 Å². The molecule has 1 aliphatic rings. The summed E-state index contributed by atoms with van der Waals surface area (Å²) < 4.78 is 0. The fourth-order valence-corrected chi connectivity index (χ4v) is 3.09. The molecule has 1 aliphatic heterocycles. The average molecular weight is 263 g/mol. The van der Waals surface area contributed by atoms with Crippen LogP contribution in [-0.2, 0) is 0 Å². The standard InChI is InChI=1S/C12H17N5S/c1-8-3-6-18-10(8)11-14-12(16-15-11)17-5-4-13-9(2)7-17/h3,6,9,13H,4-5,7H2,1-2H3,(H,14,15,16)/t9-/m0/s1. The van der Waals surface area contributed by atoms with E-state index in [1.54, 1.807) is 11.3 Å². The average Bonchev–Trinajstić information content (AvgIpc) is 2.97. The Morgan fingerprint density at radius 3 is 3.11 bits per heavy atom. The molecule has 18 heavy (non-hydrogen) atoms. The summed E-state index contributed by atoms with van der Waals surface area (Å²) >= 11 is 1.70. The number of aromatic amines is 1. The Hall–Kier alpha value is -1.40. The molecule has 0 spiro atoms. The van der Waals surface area contributed by atoms with E-state index in [-0.39, 0.29) is 0 Å². The summed E-state index contributed by atoms with van der Waals surface area (Å²) in [6.07, 6.45) is 0. The number of anilines is 1. The molecule has 0 aliphatic carbocycles. The van der Waals surface area contributed by atoms with E-state index in [0.717, 1.165) is 31.4 Å². The van der Waals surface area contributed by atoms with Crippen molar-refractivity contribution in [1.29, 1.82) is 0 Å². The number of hydrogen-bond donors (Lipinski definition) is 2. The summed E-state index contributed by atoms with van der Waals surface area (Å²) in [6.45, 7) is 7.19. The highest BCUT2D eigenvalue weighted by Crippen LogP contribution is 2.27. The maximum atomic E-state index is 4.61. The first-order valence-electron chi connectivity index (χ1n) is 6.19. The molecular weight excluding hydrogens is 246 g/mol. The topological polar surface area (TPSA) is 56.8 Å². The monoisotopic (exact) mass is 263 g/mol. The first-order chi connectivity index (χ1) is 8.74. The number of thiophene rings is 1. The number of aromatic nitrogens is 3. The highest BCUT2D eigenvalue weighted by molar-refractivity contribution is 7.13. The van der Waals surface area contributed by atoms with Gasteiger partial charge in [-0.05, 0) is 30.9 Å². The molecule has 5 nitrogen and oxygen atoms in total. The van der Waals surface area contributed by atoms with Crippen LogP contribution in [0.1, 0.15) is 12.5 Å². The van der Waals surface area contributed by atoms with Crippen molar-refractivity contribution in [3.05, 3.63) is 17.0 Å². The molecule has 0 saturated carbocycles. The van der Waals surface area contributed by atoms with Gasteiger partial charge in [0.25, 0.3) is 0 Å². The van der Waals surface area contributed by atoms with E-state index in [1.165, 1.54) is 10.4 Å². The van der Waals surface area contributed by atoms with Gasteiger partial charge in [0, 0.05) is 25.7 Å². The van der Waals surface area contributed by atoms with Gasteiger partial charge < -0.3 is 10.2 Å². The zero-order chi connectivity index (χ0) is 12.5. The van der Waals surface area contributed by atoms with Gasteiger partial charge in [0.15, 0.2) is 5.82 Å². The molecule has 2 aromatic rings. The van der Waals surface area contributed by atoms with Crippen molar-refractivity contribution in [2.24, 2.45) is 0 Å². The number of hydrogen-bond acceptors (Lipinski definition) is 5. The lowest BCUT2D eigenvalue weighted by molar-refractivity contribution is 0.480. The lowest BCUT2D eigenvalue weighted by atomic mass is 10.2. The van der Waals surface area contributed by atoms with E-state index in [4.69, 9.17) is 0 Å². The molecule has 3 rings (SSSR count). The van der Waals surface area contributed by atoms with Crippen LogP contribution in [0.4, 0.5) is 5.95 Å². The van der Waals surface area contributed by atoms with Gasteiger partial charge in [-0.2, -0.15) is 4.98 Å². The molecule has 2 aromatic heterocycles. The van der Waals surface area contributed by atoms with Crippen LogP contribution in [0.3, 0.4) is 0 Å². The molecule has 3 heterocycles. The van der Waals surface area contributed by atoms with Gasteiger partial charge >= 0.3 is 0 Å². The van der Waals surface area contributed by atoms with Crippen LogP contribution in [0.5, 0.6) is 0 Å². The Morgan fingerprint density at radius 2 is 2.39 bits per heavy atom. The van der Waals surface area contributed by atoms with Gasteiger partial charge in [-0.15, -0.1) is 16.4 Å². The minimum atomic E-state index is 0.490. The van der Waals surface area contributed by atoms with Gasteiger partial charge in [-0.25, -0.2) is 0 Å². The number of piperazine rings is 1. The quantitative estimate of drug-likeness (QED) is 0.865. The van der Waals surface area contributed by atoms with Crippen LogP contribution in [0.15, 0.2) is 11.4 Å². The summed E-state index contributed by atoms with van der Waals surface area (Å²) in [7, 11) is 0. The molecule has 1 fully saturated rings. The normalized spacial score (nSPS) is 20.3. The van der Waals surface area contributed by atoms with Crippen molar-refractivity contribution in [1.82, 2.24) is 20.5 Å². The van der Waals surface area contributed by atoms with E-state index in [2.05, 4.69) is 50.7 Å². The van der Waals surface area contributed by atoms with E-state index < -0.39 is 0 Å². The minimum absolute atomic E-state index is 0.490. The first-order valence-corrected chi connectivity index (χ1v) is 7.07. The summed E-state index contributed by atoms with van der Waals surface area (Å²) in [6, 6.07) is 2.60. The Bertz CT molecular complexity index is 532. The van der Waals surface area contributed by atoms with Crippen LogP contribution in [0.25, 0.3) is 10.7 Å². The third-order valence-corrected chi connectivity index (χ3v) is 4.23. The zero-order valence-corrected chi connectivity index (χ0v) is 11.4. The molecule has 1 saturated heterocycles. The van der Waals surface area contributed by atoms with Crippen LogP contribution in [0, 0.1) is 6.92 Å². The molecule has 2 N–H and O–H groups in total. The second-order valence-electron chi connectivity index (χ2n) is 4.72. The second kappa shape index (κ2) is 4.70. The van der Waals surface area contributed by atoms with Crippen molar-refractivity contribution in [3.8, 4) is 10.7 Å². The van der Waals surface area contributed by atoms with Crippen molar-refractivity contribution >= 4 is 17.3 Å². The predicted octanol–water partition coefficient (Wildman–Crippen LogP) is 1.64. The van der Waals surface area contributed by atoms with Crippen molar-refractivity contribution < 1.29 is 0 Å². The summed E-state index contributed by atoms with van der Waals surface area (Å²) in [5.74, 6) is 1.69. The zero-order valence-electron chi connectivity index (χ0n) is 10.6. The maximum Gasteiger partial charge on any atom is 0.245 e. The van der Waals surface area contributed by atoms with Crippen LogP contribution in [0.2, 0.25) is 0 Å². The smallest absolute Gasteiger partial charge is 0.245 e. The predicted molar refractivity (Wildman–Crippen MR) is 74.1 cm³/mol. The summed E-state index contributed by atoms with van der Waals surface area (Å²) in [5, 5.41) is 12.9. The fourth-order valence-electron chi connectivity index (χ4n) is 2.23. The molecule has 0 aromatic carbocycles. The summed E-state index contributed by atoms with van der Waals surface area (Å²) in [5.41, 5.74) is 1.25. The SMILES string of the molecule is Cc1ccsc1-c1nc(N2CCN[C@@H](C)C2)n[nH]1. The maximum absolute atomic E-state index is 4.61. The largest absolute Gasteiger partial charge is 0.337 e. The molecule has 0 amide bonds. The third kappa shape index (κ3) is 2.13. The number of nitrogens with one attached hydrogen (secondary N) is 2. The van der Waals surface area contributed by atoms with Gasteiger partial charge in [-0.3, -0.25) is 5.10 Å². The Balaban J connectivity index is 1.83. The Morgan fingerprint density at radius 1 is 1.50 bits per heavy atom. The van der Waals surface area contributed by atoms with Gasteiger partial charge in [0.2, 0.25) is 5.95 Å². The van der Waals surface area contributed by atoms with Crippen LogP contribution in [-0.4, -0.2) is 40.9 Å². The van der Waals surface area contributed by atoms with Gasteiger partial charge in [0.05, 0.1) is 4.88 Å². The Kier molecular flexibility index (Phi) is 3.05. The van der Waals surface area contributed by atoms with E-state index in [9.17, 15) is 0 Å². The molecule has 0 bridgehead atoms. The van der Waals surface area contributed by atoms with Gasteiger partial charge in [0.1, 0.15) is 0 Å². The second-order valence-corrected chi connectivity index (χ2v) is 5.63.